The molecule has 1 radical (unpaired) electrons. The van der Waals surface area contributed by atoms with Gasteiger partial charge in [-0.1, -0.05) is 64.1 Å². The van der Waals surface area contributed by atoms with E-state index in [4.69, 9.17) is 5.11 Å². The Morgan fingerprint density at radius 3 is 2.00 bits per heavy atom. The van der Waals surface area contributed by atoms with E-state index in [-0.39, 0.29) is 61.0 Å². The zero-order valence-electron chi connectivity index (χ0n) is 15.9. The number of alkyl halides is 3. The van der Waals surface area contributed by atoms with Crippen LogP contribution in [0.25, 0.3) is 10.8 Å². The third-order valence-corrected chi connectivity index (χ3v) is 3.09. The molecule has 0 unspecified atom stereocenters. The van der Waals surface area contributed by atoms with E-state index in [1.54, 1.807) is 18.2 Å². The molecule has 0 amide bonds. The van der Waals surface area contributed by atoms with Crippen molar-refractivity contribution in [1.29, 1.82) is 0 Å². The number of hydrogen-bond acceptors (Lipinski definition) is 3. The molecule has 0 fully saturated rings. The van der Waals surface area contributed by atoms with Gasteiger partial charge in [-0.2, -0.15) is 13.2 Å². The Hall–Kier alpha value is -0.756. The zero-order chi connectivity index (χ0) is 20.2. The molecule has 0 aliphatic heterocycles. The van der Waals surface area contributed by atoms with E-state index in [1.807, 2.05) is 26.0 Å². The van der Waals surface area contributed by atoms with Gasteiger partial charge in [0.25, 0.3) is 0 Å². The minimum atomic E-state index is -4.91. The SMILES string of the molecule is CC.CCNCC.O=C(C=C(O)C(F)(F)F)c1ccc2ccccc2c1.[Eu]. The summed E-state index contributed by atoms with van der Waals surface area (Å²) in [5.41, 5.74) is 0.0921. The molecule has 0 aliphatic rings. The zero-order valence-corrected chi connectivity index (χ0v) is 18.3. The van der Waals surface area contributed by atoms with E-state index in [0.717, 1.165) is 23.9 Å². The maximum absolute atomic E-state index is 12.1. The first-order chi connectivity index (χ1) is 12.3. The topological polar surface area (TPSA) is 49.3 Å². The number of carbonyl (C=O) groups excluding carboxylic acids is 1. The average Bonchev–Trinajstić information content (AvgIpc) is 2.63. The average molecular weight is 521 g/mol. The number of rotatable bonds is 4. The standard InChI is InChI=1S/C14H9F3O2.C4H11N.C2H6.Eu/c15-14(16,17)13(19)8-12(18)11-6-5-9-3-1-2-4-10(9)7-11;1-3-5-4-2;1-2;/h1-8,19H;5H,3-4H2,1-2H3;1-2H3;. The number of nitrogens with one attached hydrogen (secondary N) is 1. The van der Waals surface area contributed by atoms with Crippen molar-refractivity contribution in [2.45, 2.75) is 33.9 Å². The van der Waals surface area contributed by atoms with E-state index >= 15 is 0 Å². The van der Waals surface area contributed by atoms with Crippen molar-refractivity contribution in [3.8, 4) is 0 Å². The number of fused-ring (bicyclic) bond motifs is 1. The van der Waals surface area contributed by atoms with E-state index in [2.05, 4.69) is 19.2 Å². The fourth-order valence-corrected chi connectivity index (χ4v) is 1.88. The maximum Gasteiger partial charge on any atom is 0.448 e. The van der Waals surface area contributed by atoms with Crippen LogP contribution in [-0.2, 0) is 0 Å². The smallest absolute Gasteiger partial charge is 0.448 e. The minimum Gasteiger partial charge on any atom is -0.504 e. The maximum atomic E-state index is 12.1. The number of allylic oxidation sites excluding steroid dienone is 2. The molecule has 2 aromatic rings. The first-order valence-corrected chi connectivity index (χ1v) is 8.51. The molecule has 3 nitrogen and oxygen atoms in total. The van der Waals surface area contributed by atoms with Gasteiger partial charge >= 0.3 is 6.18 Å². The second-order valence-corrected chi connectivity index (χ2v) is 4.91. The molecule has 7 heteroatoms. The molecule has 2 rings (SSSR count). The molecule has 0 spiro atoms. The summed E-state index contributed by atoms with van der Waals surface area (Å²) in [7, 11) is 0. The fourth-order valence-electron chi connectivity index (χ4n) is 1.88. The van der Waals surface area contributed by atoms with Gasteiger partial charge in [-0.05, 0) is 29.9 Å². The Bertz CT molecular complexity index is 714. The number of hydrogen-bond donors (Lipinski definition) is 2. The number of halogens is 3. The Balaban J connectivity index is 0. The molecule has 0 atom stereocenters. The van der Waals surface area contributed by atoms with Crippen LogP contribution in [0.4, 0.5) is 13.2 Å². The van der Waals surface area contributed by atoms with Crippen molar-refractivity contribution in [3.05, 3.63) is 59.9 Å². The number of ketones is 1. The van der Waals surface area contributed by atoms with E-state index in [1.165, 1.54) is 12.1 Å². The van der Waals surface area contributed by atoms with Crippen LogP contribution < -0.4 is 5.32 Å². The van der Waals surface area contributed by atoms with E-state index in [9.17, 15) is 18.0 Å². The van der Waals surface area contributed by atoms with Crippen LogP contribution in [0.3, 0.4) is 0 Å². The second-order valence-electron chi connectivity index (χ2n) is 4.91. The number of aliphatic hydroxyl groups excluding tert-OH is 1. The van der Waals surface area contributed by atoms with Gasteiger partial charge in [-0.25, -0.2) is 0 Å². The van der Waals surface area contributed by atoms with Crippen molar-refractivity contribution in [3.63, 3.8) is 0 Å². The molecule has 151 valence electrons. The largest absolute Gasteiger partial charge is 0.504 e. The van der Waals surface area contributed by atoms with Crippen LogP contribution >= 0.6 is 0 Å². The van der Waals surface area contributed by atoms with Crippen molar-refractivity contribution in [2.24, 2.45) is 0 Å². The summed E-state index contributed by atoms with van der Waals surface area (Å²) >= 11 is 0. The molecule has 0 bridgehead atoms. The fraction of sp³-hybridized carbons (Fsp3) is 0.350. The van der Waals surface area contributed by atoms with Crippen LogP contribution in [0.5, 0.6) is 0 Å². The molecule has 2 N–H and O–H groups in total. The van der Waals surface area contributed by atoms with Crippen molar-refractivity contribution in [1.82, 2.24) is 5.32 Å². The van der Waals surface area contributed by atoms with Crippen LogP contribution in [0.2, 0.25) is 0 Å². The van der Waals surface area contributed by atoms with Crippen LogP contribution in [0.15, 0.2) is 54.3 Å². The molecule has 0 aliphatic carbocycles. The first kappa shape index (κ1) is 28.5. The summed E-state index contributed by atoms with van der Waals surface area (Å²) in [5.74, 6) is -2.79. The van der Waals surface area contributed by atoms with Crippen molar-refractivity contribution < 1.29 is 72.4 Å². The van der Waals surface area contributed by atoms with Crippen LogP contribution in [0, 0.1) is 49.4 Å². The van der Waals surface area contributed by atoms with Gasteiger partial charge in [-0.3, -0.25) is 4.79 Å². The predicted octanol–water partition coefficient (Wildman–Crippen LogP) is 5.67. The monoisotopic (exact) mass is 522 g/mol. The summed E-state index contributed by atoms with van der Waals surface area (Å²) in [6.07, 6.45) is -4.73. The molecule has 2 aromatic carbocycles. The van der Waals surface area contributed by atoms with Crippen molar-refractivity contribution in [2.75, 3.05) is 13.1 Å². The summed E-state index contributed by atoms with van der Waals surface area (Å²) in [4.78, 5) is 11.6. The van der Waals surface area contributed by atoms with Gasteiger partial charge in [-0.15, -0.1) is 0 Å². The van der Waals surface area contributed by atoms with E-state index in [0.29, 0.717) is 0 Å². The Morgan fingerprint density at radius 2 is 1.56 bits per heavy atom. The Kier molecular flexibility index (Phi) is 16.0. The summed E-state index contributed by atoms with van der Waals surface area (Å²) < 4.78 is 36.3. The van der Waals surface area contributed by atoms with Gasteiger partial charge in [0.15, 0.2) is 5.78 Å². The Labute approximate surface area is 199 Å². The number of aliphatic hydroxyl groups is 1. The van der Waals surface area contributed by atoms with Gasteiger partial charge in [0.05, 0.1) is 0 Å². The van der Waals surface area contributed by atoms with Crippen molar-refractivity contribution >= 4 is 16.6 Å². The van der Waals surface area contributed by atoms with E-state index < -0.39 is 17.7 Å². The quantitative estimate of drug-likeness (QED) is 0.310. The predicted molar refractivity (Wildman–Crippen MR) is 101 cm³/mol. The molecule has 0 saturated carbocycles. The minimum absolute atomic E-state index is 0. The third kappa shape index (κ3) is 11.0. The first-order valence-electron chi connectivity index (χ1n) is 8.51. The van der Waals surface area contributed by atoms with Crippen LogP contribution in [0.1, 0.15) is 38.1 Å². The number of carbonyl (C=O) groups is 1. The van der Waals surface area contributed by atoms with Gasteiger partial charge in [0.1, 0.15) is 0 Å². The second kappa shape index (κ2) is 15.2. The summed E-state index contributed by atoms with van der Waals surface area (Å²) in [6.45, 7) is 10.4. The van der Waals surface area contributed by atoms with Gasteiger partial charge in [0.2, 0.25) is 5.76 Å². The van der Waals surface area contributed by atoms with Crippen LogP contribution in [-0.4, -0.2) is 30.2 Å². The normalized spacial score (nSPS) is 10.7. The molecule has 27 heavy (non-hydrogen) atoms. The molecule has 0 aromatic heterocycles. The molecule has 0 heterocycles. The summed E-state index contributed by atoms with van der Waals surface area (Å²) in [5, 5.41) is 13.5. The number of benzene rings is 2. The Morgan fingerprint density at radius 1 is 1.04 bits per heavy atom. The van der Waals surface area contributed by atoms with Gasteiger partial charge < -0.3 is 10.4 Å². The molecule has 0 saturated heterocycles. The molecular weight excluding hydrogens is 495 g/mol. The summed E-state index contributed by atoms with van der Waals surface area (Å²) in [6, 6.07) is 11.7. The third-order valence-electron chi connectivity index (χ3n) is 3.09. The molecular formula is C20H26EuF3NO2. The van der Waals surface area contributed by atoms with Gasteiger partial charge in [0, 0.05) is 61.0 Å².